The van der Waals surface area contributed by atoms with Crippen molar-refractivity contribution in [3.8, 4) is 11.6 Å². The molecular weight excluding hydrogens is 401 g/mol. The van der Waals surface area contributed by atoms with Crippen molar-refractivity contribution in [1.29, 1.82) is 0 Å². The van der Waals surface area contributed by atoms with Crippen LogP contribution in [0.15, 0.2) is 47.6 Å². The van der Waals surface area contributed by atoms with E-state index in [1.54, 1.807) is 31.5 Å². The molecule has 1 aromatic carbocycles. The number of ether oxygens (including phenoxy) is 3. The summed E-state index contributed by atoms with van der Waals surface area (Å²) in [6, 6.07) is 9.57. The third-order valence-corrected chi connectivity index (χ3v) is 3.77. The number of methoxy groups -OCH3 is 1. The van der Waals surface area contributed by atoms with Gasteiger partial charge in [-0.15, -0.1) is 13.2 Å². The zero-order valence-corrected chi connectivity index (χ0v) is 16.8. The lowest BCUT2D eigenvalue weighted by atomic mass is 10.2. The molecule has 2 aromatic rings. The number of para-hydroxylation sites is 1. The summed E-state index contributed by atoms with van der Waals surface area (Å²) in [5.41, 5.74) is 1.12. The van der Waals surface area contributed by atoms with Crippen LogP contribution in [0.4, 0.5) is 13.2 Å². The van der Waals surface area contributed by atoms with Crippen molar-refractivity contribution in [3.63, 3.8) is 0 Å². The van der Waals surface area contributed by atoms with E-state index in [1.165, 1.54) is 12.1 Å². The Hall–Kier alpha value is -3.01. The summed E-state index contributed by atoms with van der Waals surface area (Å²) < 4.78 is 52.4. The molecule has 30 heavy (non-hydrogen) atoms. The van der Waals surface area contributed by atoms with E-state index in [2.05, 4.69) is 25.3 Å². The van der Waals surface area contributed by atoms with Gasteiger partial charge in [0.2, 0.25) is 5.88 Å². The van der Waals surface area contributed by atoms with Gasteiger partial charge >= 0.3 is 6.36 Å². The number of hydrogen-bond acceptors (Lipinski definition) is 5. The molecule has 2 rings (SSSR count). The Bertz CT molecular complexity index is 816. The maximum atomic E-state index is 12.6. The van der Waals surface area contributed by atoms with Crippen LogP contribution in [0.3, 0.4) is 0 Å². The molecular formula is C20H25F3N4O3. The summed E-state index contributed by atoms with van der Waals surface area (Å²) in [4.78, 5) is 8.67. The first-order valence-electron chi connectivity index (χ1n) is 9.34. The summed E-state index contributed by atoms with van der Waals surface area (Å²) in [6.07, 6.45) is -3.13. The van der Waals surface area contributed by atoms with Crippen molar-refractivity contribution < 1.29 is 27.4 Å². The largest absolute Gasteiger partial charge is 0.573 e. The topological polar surface area (TPSA) is 77.0 Å². The van der Waals surface area contributed by atoms with Crippen molar-refractivity contribution in [1.82, 2.24) is 15.6 Å². The van der Waals surface area contributed by atoms with Crippen molar-refractivity contribution >= 4 is 5.96 Å². The van der Waals surface area contributed by atoms with Crippen LogP contribution in [-0.2, 0) is 17.8 Å². The van der Waals surface area contributed by atoms with Crippen LogP contribution in [0, 0.1) is 0 Å². The number of nitrogens with zero attached hydrogens (tertiary/aromatic N) is 2. The Morgan fingerprint density at radius 1 is 1.07 bits per heavy atom. The van der Waals surface area contributed by atoms with Crippen LogP contribution in [0.25, 0.3) is 0 Å². The van der Waals surface area contributed by atoms with Gasteiger partial charge in [-0.1, -0.05) is 24.3 Å². The van der Waals surface area contributed by atoms with Crippen LogP contribution in [0.1, 0.15) is 18.1 Å². The molecule has 0 saturated heterocycles. The molecule has 0 radical (unpaired) electrons. The highest BCUT2D eigenvalue weighted by Gasteiger charge is 2.31. The summed E-state index contributed by atoms with van der Waals surface area (Å²) in [5.74, 6) is 0.638. The molecule has 7 nitrogen and oxygen atoms in total. The number of halogens is 3. The molecule has 10 heteroatoms. The Morgan fingerprint density at radius 2 is 1.83 bits per heavy atom. The van der Waals surface area contributed by atoms with Gasteiger partial charge in [0.05, 0.1) is 13.2 Å². The van der Waals surface area contributed by atoms with Gasteiger partial charge in [0.25, 0.3) is 0 Å². The Labute approximate surface area is 173 Å². The van der Waals surface area contributed by atoms with E-state index in [9.17, 15) is 13.2 Å². The number of nitrogens with one attached hydrogen (secondary N) is 2. The molecule has 0 atom stereocenters. The SMILES string of the molecule is CCNC(=NCc1cccnc1OCCOC)NCc1ccccc1OC(F)(F)F. The molecule has 0 bridgehead atoms. The van der Waals surface area contributed by atoms with Crippen molar-refractivity contribution in [3.05, 3.63) is 53.7 Å². The highest BCUT2D eigenvalue weighted by molar-refractivity contribution is 5.79. The van der Waals surface area contributed by atoms with Gasteiger partial charge in [-0.25, -0.2) is 9.98 Å². The van der Waals surface area contributed by atoms with Crippen molar-refractivity contribution in [2.24, 2.45) is 4.99 Å². The maximum absolute atomic E-state index is 12.6. The van der Waals surface area contributed by atoms with Crippen molar-refractivity contribution in [2.75, 3.05) is 26.9 Å². The second-order valence-corrected chi connectivity index (χ2v) is 6.01. The van der Waals surface area contributed by atoms with E-state index in [1.807, 2.05) is 13.0 Å². The third kappa shape index (κ3) is 8.16. The Kier molecular flexibility index (Phi) is 9.20. The molecule has 0 fully saturated rings. The minimum Gasteiger partial charge on any atom is -0.475 e. The Balaban J connectivity index is 2.06. The van der Waals surface area contributed by atoms with Gasteiger partial charge in [0, 0.05) is 37.5 Å². The number of aromatic nitrogens is 1. The fourth-order valence-electron chi connectivity index (χ4n) is 2.46. The number of hydrogen-bond donors (Lipinski definition) is 2. The molecule has 0 unspecified atom stereocenters. The number of benzene rings is 1. The Morgan fingerprint density at radius 3 is 2.57 bits per heavy atom. The molecule has 0 aliphatic carbocycles. The van der Waals surface area contributed by atoms with Gasteiger partial charge in [-0.05, 0) is 19.1 Å². The zero-order valence-electron chi connectivity index (χ0n) is 16.8. The van der Waals surface area contributed by atoms with Gasteiger partial charge < -0.3 is 24.8 Å². The molecule has 0 amide bonds. The van der Waals surface area contributed by atoms with Crippen LogP contribution in [0.5, 0.6) is 11.6 Å². The first-order chi connectivity index (χ1) is 14.4. The monoisotopic (exact) mass is 426 g/mol. The molecule has 0 spiro atoms. The minimum atomic E-state index is -4.76. The predicted octanol–water partition coefficient (Wildman–Crippen LogP) is 3.26. The molecule has 0 saturated carbocycles. The standard InChI is InChI=1S/C20H25F3N4O3/c1-3-24-19(26-13-15-7-4-5-9-17(15)30-20(21,22)23)27-14-16-8-6-10-25-18(16)29-12-11-28-2/h4-10H,3,11-14H2,1-2H3,(H2,24,26,27). The highest BCUT2D eigenvalue weighted by atomic mass is 19.4. The second kappa shape index (κ2) is 11.9. The lowest BCUT2D eigenvalue weighted by Crippen LogP contribution is -2.37. The lowest BCUT2D eigenvalue weighted by Gasteiger charge is -2.15. The molecule has 164 valence electrons. The summed E-state index contributed by atoms with van der Waals surface area (Å²) in [5, 5.41) is 6.07. The van der Waals surface area contributed by atoms with E-state index < -0.39 is 6.36 Å². The third-order valence-electron chi connectivity index (χ3n) is 3.77. The van der Waals surface area contributed by atoms with Gasteiger partial charge in [-0.2, -0.15) is 0 Å². The minimum absolute atomic E-state index is 0.0995. The average molecular weight is 426 g/mol. The number of pyridine rings is 1. The maximum Gasteiger partial charge on any atom is 0.573 e. The van der Waals surface area contributed by atoms with Crippen molar-refractivity contribution in [2.45, 2.75) is 26.4 Å². The van der Waals surface area contributed by atoms with E-state index >= 15 is 0 Å². The molecule has 2 N–H and O–H groups in total. The number of alkyl halides is 3. The normalized spacial score (nSPS) is 11.8. The smallest absolute Gasteiger partial charge is 0.475 e. The second-order valence-electron chi connectivity index (χ2n) is 6.01. The highest BCUT2D eigenvalue weighted by Crippen LogP contribution is 2.26. The lowest BCUT2D eigenvalue weighted by molar-refractivity contribution is -0.274. The van der Waals surface area contributed by atoms with Gasteiger partial charge in [0.1, 0.15) is 12.4 Å². The van der Waals surface area contributed by atoms with E-state index in [-0.39, 0.29) is 18.8 Å². The summed E-state index contributed by atoms with van der Waals surface area (Å²) in [7, 11) is 1.58. The molecule has 0 aliphatic heterocycles. The van der Waals surface area contributed by atoms with Crippen LogP contribution < -0.4 is 20.1 Å². The van der Waals surface area contributed by atoms with Gasteiger partial charge in [0.15, 0.2) is 5.96 Å². The molecule has 1 aromatic heterocycles. The zero-order chi connectivity index (χ0) is 21.8. The number of aliphatic imine (C=N–C) groups is 1. The number of rotatable bonds is 10. The summed E-state index contributed by atoms with van der Waals surface area (Å²) in [6.45, 7) is 3.63. The van der Waals surface area contributed by atoms with E-state index in [0.29, 0.717) is 37.2 Å². The first-order valence-corrected chi connectivity index (χ1v) is 9.34. The predicted molar refractivity (Wildman–Crippen MR) is 106 cm³/mol. The van der Waals surface area contributed by atoms with Crippen LogP contribution in [0.2, 0.25) is 0 Å². The first kappa shape index (κ1) is 23.3. The van der Waals surface area contributed by atoms with Crippen LogP contribution >= 0.6 is 0 Å². The number of guanidine groups is 1. The molecule has 1 heterocycles. The van der Waals surface area contributed by atoms with E-state index in [4.69, 9.17) is 9.47 Å². The van der Waals surface area contributed by atoms with E-state index in [0.717, 1.165) is 5.56 Å². The average Bonchev–Trinajstić information content (AvgIpc) is 2.71. The fourth-order valence-corrected chi connectivity index (χ4v) is 2.46. The quantitative estimate of drug-likeness (QED) is 0.345. The summed E-state index contributed by atoms with van der Waals surface area (Å²) >= 11 is 0. The fraction of sp³-hybridized carbons (Fsp3) is 0.400. The van der Waals surface area contributed by atoms with Gasteiger partial charge in [-0.3, -0.25) is 0 Å². The molecule has 0 aliphatic rings. The van der Waals surface area contributed by atoms with Crippen LogP contribution in [-0.4, -0.2) is 44.2 Å².